The number of halogens is 1. The van der Waals surface area contributed by atoms with Gasteiger partial charge in [-0.15, -0.1) is 11.8 Å². The van der Waals surface area contributed by atoms with Gasteiger partial charge in [-0.3, -0.25) is 9.59 Å². The molecular formula is C22H26ClNO3S. The maximum atomic E-state index is 12.1. The van der Waals surface area contributed by atoms with E-state index in [2.05, 4.69) is 19.2 Å². The van der Waals surface area contributed by atoms with E-state index < -0.39 is 5.97 Å². The fourth-order valence-corrected chi connectivity index (χ4v) is 4.98. The van der Waals surface area contributed by atoms with Gasteiger partial charge in [0.15, 0.2) is 6.61 Å². The van der Waals surface area contributed by atoms with Crippen molar-refractivity contribution in [2.45, 2.75) is 44.0 Å². The molecule has 0 spiro atoms. The van der Waals surface area contributed by atoms with Crippen molar-refractivity contribution in [3.63, 3.8) is 0 Å². The highest BCUT2D eigenvalue weighted by Gasteiger charge is 2.28. The number of benzene rings is 2. The summed E-state index contributed by atoms with van der Waals surface area (Å²) in [5, 5.41) is 5.64. The molecule has 1 amide bonds. The molecule has 0 saturated heterocycles. The average molecular weight is 420 g/mol. The van der Waals surface area contributed by atoms with E-state index in [-0.39, 0.29) is 24.3 Å². The molecule has 150 valence electrons. The molecule has 0 unspecified atom stereocenters. The first-order chi connectivity index (χ1) is 13.5. The lowest BCUT2D eigenvalue weighted by Crippen LogP contribution is -2.45. The zero-order valence-corrected chi connectivity index (χ0v) is 17.8. The third-order valence-corrected chi connectivity index (χ3v) is 6.92. The number of hydrogen-bond acceptors (Lipinski definition) is 4. The minimum absolute atomic E-state index is 0.133. The van der Waals surface area contributed by atoms with E-state index in [1.165, 1.54) is 18.2 Å². The van der Waals surface area contributed by atoms with Crippen molar-refractivity contribution in [3.8, 4) is 0 Å². The van der Waals surface area contributed by atoms with Crippen LogP contribution in [-0.2, 0) is 14.3 Å². The number of esters is 1. The first-order valence-corrected chi connectivity index (χ1v) is 11.1. The second-order valence-electron chi connectivity index (χ2n) is 7.48. The Balaban J connectivity index is 1.48. The second kappa shape index (κ2) is 9.66. The highest BCUT2D eigenvalue weighted by molar-refractivity contribution is 8.00. The normalized spacial score (nSPS) is 22.0. The Bertz CT molecular complexity index is 852. The number of nitrogens with one attached hydrogen (secondary N) is 1. The van der Waals surface area contributed by atoms with Crippen LogP contribution < -0.4 is 5.32 Å². The Hall–Kier alpha value is -1.72. The number of rotatable bonds is 6. The van der Waals surface area contributed by atoms with Crippen LogP contribution in [0, 0.1) is 11.8 Å². The fourth-order valence-electron chi connectivity index (χ4n) is 3.74. The molecule has 1 N–H and O–H groups in total. The molecule has 6 heteroatoms. The topological polar surface area (TPSA) is 55.4 Å². The lowest BCUT2D eigenvalue weighted by atomic mass is 9.78. The number of carbonyl (C=O) groups excluding carboxylic acids is 2. The van der Waals surface area contributed by atoms with E-state index in [9.17, 15) is 9.59 Å². The standard InChI is InChI=1S/C22H26ClNO3S/c1-14-6-3-10-18(15(14)2)24-20(25)12-27-21(26)13-28-19-11-5-8-16-7-4-9-17(23)22(16)19/h4-5,7-9,11,14-15,18H,3,6,10,12-13H2,1-2H3,(H,24,25)/t14-,15-,18+/m1/s1. The number of thioether (sulfide) groups is 1. The summed E-state index contributed by atoms with van der Waals surface area (Å²) in [7, 11) is 0. The molecule has 1 saturated carbocycles. The SMILES string of the molecule is C[C@@H]1[C@H](C)CCC[C@@H]1NC(=O)COC(=O)CSc1cccc2cccc(Cl)c12. The van der Waals surface area contributed by atoms with Gasteiger partial charge in [0.25, 0.3) is 5.91 Å². The van der Waals surface area contributed by atoms with Gasteiger partial charge in [0.1, 0.15) is 0 Å². The molecule has 1 fully saturated rings. The van der Waals surface area contributed by atoms with Crippen molar-refractivity contribution < 1.29 is 14.3 Å². The summed E-state index contributed by atoms with van der Waals surface area (Å²) in [6.45, 7) is 4.17. The van der Waals surface area contributed by atoms with Gasteiger partial charge in [-0.2, -0.15) is 0 Å². The maximum absolute atomic E-state index is 12.1. The molecule has 1 aliphatic rings. The Kier molecular flexibility index (Phi) is 7.24. The summed E-state index contributed by atoms with van der Waals surface area (Å²) in [5.74, 6) is 0.548. The predicted molar refractivity (Wildman–Crippen MR) is 115 cm³/mol. The maximum Gasteiger partial charge on any atom is 0.316 e. The molecule has 2 aromatic rings. The van der Waals surface area contributed by atoms with Gasteiger partial charge in [0, 0.05) is 21.3 Å². The van der Waals surface area contributed by atoms with Crippen LogP contribution in [0.2, 0.25) is 5.02 Å². The van der Waals surface area contributed by atoms with Crippen molar-refractivity contribution >= 4 is 46.0 Å². The highest BCUT2D eigenvalue weighted by atomic mass is 35.5. The zero-order valence-electron chi connectivity index (χ0n) is 16.2. The van der Waals surface area contributed by atoms with E-state index in [1.807, 2.05) is 36.4 Å². The molecule has 28 heavy (non-hydrogen) atoms. The van der Waals surface area contributed by atoms with Crippen LogP contribution in [0.3, 0.4) is 0 Å². The first-order valence-electron chi connectivity index (χ1n) is 9.70. The number of fused-ring (bicyclic) bond motifs is 1. The first kappa shape index (κ1) is 21.0. The van der Waals surface area contributed by atoms with E-state index in [1.54, 1.807) is 0 Å². The van der Waals surface area contributed by atoms with Gasteiger partial charge in [-0.25, -0.2) is 0 Å². The van der Waals surface area contributed by atoms with Crippen LogP contribution >= 0.6 is 23.4 Å². The number of hydrogen-bond donors (Lipinski definition) is 1. The minimum Gasteiger partial charge on any atom is -0.455 e. The molecule has 1 aliphatic carbocycles. The highest BCUT2D eigenvalue weighted by Crippen LogP contribution is 2.33. The van der Waals surface area contributed by atoms with E-state index in [0.29, 0.717) is 16.9 Å². The Morgan fingerprint density at radius 3 is 2.71 bits per heavy atom. The summed E-state index contributed by atoms with van der Waals surface area (Å²) in [4.78, 5) is 25.2. The number of carbonyl (C=O) groups is 2. The monoisotopic (exact) mass is 419 g/mol. The molecule has 0 radical (unpaired) electrons. The molecule has 0 aliphatic heterocycles. The van der Waals surface area contributed by atoms with Crippen LogP contribution in [0.1, 0.15) is 33.1 Å². The molecular weight excluding hydrogens is 394 g/mol. The van der Waals surface area contributed by atoms with Crippen LogP contribution in [0.4, 0.5) is 0 Å². The van der Waals surface area contributed by atoms with Crippen LogP contribution in [0.25, 0.3) is 10.8 Å². The van der Waals surface area contributed by atoms with Gasteiger partial charge in [0.05, 0.1) is 5.75 Å². The molecule has 4 nitrogen and oxygen atoms in total. The predicted octanol–water partition coefficient (Wildman–Crippen LogP) is 5.07. The Morgan fingerprint density at radius 2 is 1.93 bits per heavy atom. The number of ether oxygens (including phenoxy) is 1. The largest absolute Gasteiger partial charge is 0.455 e. The van der Waals surface area contributed by atoms with Gasteiger partial charge >= 0.3 is 5.97 Å². The van der Waals surface area contributed by atoms with E-state index in [4.69, 9.17) is 16.3 Å². The van der Waals surface area contributed by atoms with E-state index >= 15 is 0 Å². The minimum atomic E-state index is -0.408. The van der Waals surface area contributed by atoms with Crippen LogP contribution in [-0.4, -0.2) is 30.3 Å². The Labute approximate surface area is 175 Å². The third-order valence-electron chi connectivity index (χ3n) is 5.58. The van der Waals surface area contributed by atoms with Gasteiger partial charge < -0.3 is 10.1 Å². The van der Waals surface area contributed by atoms with Crippen molar-refractivity contribution in [2.24, 2.45) is 11.8 Å². The molecule has 2 aromatic carbocycles. The Morgan fingerprint density at radius 1 is 1.18 bits per heavy atom. The zero-order chi connectivity index (χ0) is 20.1. The van der Waals surface area contributed by atoms with Crippen molar-refractivity contribution in [1.29, 1.82) is 0 Å². The smallest absolute Gasteiger partial charge is 0.316 e. The molecule has 3 rings (SSSR count). The van der Waals surface area contributed by atoms with E-state index in [0.717, 1.165) is 28.5 Å². The van der Waals surface area contributed by atoms with Crippen molar-refractivity contribution in [3.05, 3.63) is 41.4 Å². The van der Waals surface area contributed by atoms with Crippen molar-refractivity contribution in [2.75, 3.05) is 12.4 Å². The third kappa shape index (κ3) is 5.21. The lowest BCUT2D eigenvalue weighted by molar-refractivity contribution is -0.146. The molecule has 3 atom stereocenters. The summed E-state index contributed by atoms with van der Waals surface area (Å²) < 4.78 is 5.17. The second-order valence-corrected chi connectivity index (χ2v) is 8.91. The average Bonchev–Trinajstić information content (AvgIpc) is 2.68. The lowest BCUT2D eigenvalue weighted by Gasteiger charge is -2.34. The molecule has 0 bridgehead atoms. The van der Waals surface area contributed by atoms with Gasteiger partial charge in [0.2, 0.25) is 0 Å². The summed E-state index contributed by atoms with van der Waals surface area (Å²) in [5.41, 5.74) is 0. The fraction of sp³-hybridized carbons (Fsp3) is 0.455. The summed E-state index contributed by atoms with van der Waals surface area (Å²) in [6.07, 6.45) is 3.32. The molecule has 0 heterocycles. The van der Waals surface area contributed by atoms with Gasteiger partial charge in [-0.1, -0.05) is 62.6 Å². The van der Waals surface area contributed by atoms with Crippen LogP contribution in [0.5, 0.6) is 0 Å². The quantitative estimate of drug-likeness (QED) is 0.524. The van der Waals surface area contributed by atoms with Crippen molar-refractivity contribution in [1.82, 2.24) is 5.32 Å². The van der Waals surface area contributed by atoms with Gasteiger partial charge in [-0.05, 0) is 35.8 Å². The van der Waals surface area contributed by atoms with Crippen LogP contribution in [0.15, 0.2) is 41.3 Å². The summed E-state index contributed by atoms with van der Waals surface area (Å²) >= 11 is 7.68. The summed E-state index contributed by atoms with van der Waals surface area (Å²) in [6, 6.07) is 11.8. The number of amides is 1. The molecule has 0 aromatic heterocycles.